The van der Waals surface area contributed by atoms with Crippen molar-refractivity contribution in [2.24, 2.45) is 0 Å². The summed E-state index contributed by atoms with van der Waals surface area (Å²) in [4.78, 5) is 10.4. The van der Waals surface area contributed by atoms with Gasteiger partial charge in [-0.05, 0) is 0 Å². The monoisotopic (exact) mass is 192 g/mol. The van der Waals surface area contributed by atoms with Gasteiger partial charge in [-0.1, -0.05) is 0 Å². The summed E-state index contributed by atoms with van der Waals surface area (Å²) in [5, 5.41) is 27.7. The summed E-state index contributed by atoms with van der Waals surface area (Å²) < 4.78 is 9.48. The Labute approximate surface area is 74.7 Å². The number of aldehydes is 1. The molecule has 1 rings (SSSR count). The zero-order valence-corrected chi connectivity index (χ0v) is 7.03. The topological polar surface area (TPSA) is 96.2 Å². The molecule has 0 radical (unpaired) electrons. The van der Waals surface area contributed by atoms with E-state index in [0.29, 0.717) is 6.29 Å². The first-order valence-electron chi connectivity index (χ1n) is 3.79. The molecule has 1 heterocycles. The normalized spacial score (nSPS) is 46.0. The van der Waals surface area contributed by atoms with Crippen LogP contribution in [0.2, 0.25) is 0 Å². The van der Waals surface area contributed by atoms with Crippen molar-refractivity contribution in [3.05, 3.63) is 0 Å². The molecule has 2 unspecified atom stereocenters. The molecule has 13 heavy (non-hydrogen) atoms. The summed E-state index contributed by atoms with van der Waals surface area (Å²) in [6.07, 6.45) is -6.10. The van der Waals surface area contributed by atoms with Crippen molar-refractivity contribution in [3.8, 4) is 0 Å². The van der Waals surface area contributed by atoms with Crippen LogP contribution in [-0.2, 0) is 14.3 Å². The summed E-state index contributed by atoms with van der Waals surface area (Å²) in [5.74, 6) is 0. The van der Waals surface area contributed by atoms with Gasteiger partial charge in [0, 0.05) is 7.11 Å². The van der Waals surface area contributed by atoms with Crippen LogP contribution in [0.5, 0.6) is 0 Å². The van der Waals surface area contributed by atoms with Crippen molar-refractivity contribution in [1.82, 2.24) is 0 Å². The van der Waals surface area contributed by atoms with Crippen molar-refractivity contribution in [1.29, 1.82) is 0 Å². The number of hydrogen-bond donors (Lipinski definition) is 3. The van der Waals surface area contributed by atoms with Crippen LogP contribution in [0.25, 0.3) is 0 Å². The first kappa shape index (κ1) is 10.6. The number of rotatable bonds is 2. The second kappa shape index (κ2) is 4.12. The third kappa shape index (κ3) is 1.87. The lowest BCUT2D eigenvalue weighted by atomic mass is 10.00. The Hall–Kier alpha value is -0.530. The van der Waals surface area contributed by atoms with E-state index in [1.54, 1.807) is 0 Å². The number of methoxy groups -OCH3 is 1. The molecule has 0 saturated carbocycles. The fraction of sp³-hybridized carbons (Fsp3) is 0.857. The SMILES string of the molecule is CO[C@@H]1OC(C=O)[C@H](O)[C@H](O)C1O. The summed E-state index contributed by atoms with van der Waals surface area (Å²) in [6.45, 7) is 0. The van der Waals surface area contributed by atoms with E-state index in [1.807, 2.05) is 0 Å². The molecule has 1 saturated heterocycles. The van der Waals surface area contributed by atoms with Gasteiger partial charge in [-0.2, -0.15) is 0 Å². The van der Waals surface area contributed by atoms with E-state index in [2.05, 4.69) is 4.74 Å². The summed E-state index contributed by atoms with van der Waals surface area (Å²) in [5.41, 5.74) is 0. The number of ether oxygens (including phenoxy) is 2. The molecule has 0 amide bonds. The van der Waals surface area contributed by atoms with Gasteiger partial charge >= 0.3 is 0 Å². The average molecular weight is 192 g/mol. The van der Waals surface area contributed by atoms with Crippen LogP contribution in [0.15, 0.2) is 0 Å². The summed E-state index contributed by atoms with van der Waals surface area (Å²) in [7, 11) is 1.26. The first-order chi connectivity index (χ1) is 6.11. The molecule has 0 aromatic rings. The predicted octanol–water partition coefficient (Wildman–Crippen LogP) is -2.36. The molecule has 0 aromatic carbocycles. The smallest absolute Gasteiger partial charge is 0.186 e. The Morgan fingerprint density at radius 3 is 2.31 bits per heavy atom. The molecule has 0 aliphatic carbocycles. The van der Waals surface area contributed by atoms with Crippen LogP contribution < -0.4 is 0 Å². The van der Waals surface area contributed by atoms with Gasteiger partial charge in [0.25, 0.3) is 0 Å². The molecule has 1 fully saturated rings. The summed E-state index contributed by atoms with van der Waals surface area (Å²) >= 11 is 0. The van der Waals surface area contributed by atoms with Crippen LogP contribution in [0.1, 0.15) is 0 Å². The highest BCUT2D eigenvalue weighted by Gasteiger charge is 2.43. The zero-order valence-electron chi connectivity index (χ0n) is 7.03. The lowest BCUT2D eigenvalue weighted by molar-refractivity contribution is -0.280. The van der Waals surface area contributed by atoms with Crippen molar-refractivity contribution in [2.75, 3.05) is 7.11 Å². The fourth-order valence-electron chi connectivity index (χ4n) is 1.18. The van der Waals surface area contributed by atoms with Gasteiger partial charge in [-0.25, -0.2) is 0 Å². The highest BCUT2D eigenvalue weighted by molar-refractivity contribution is 5.57. The average Bonchev–Trinajstić information content (AvgIpc) is 2.15. The molecule has 5 atom stereocenters. The molecule has 6 nitrogen and oxygen atoms in total. The quantitative estimate of drug-likeness (QED) is 0.423. The number of aliphatic hydroxyl groups excluding tert-OH is 3. The van der Waals surface area contributed by atoms with Crippen LogP contribution in [0, 0.1) is 0 Å². The van der Waals surface area contributed by atoms with E-state index >= 15 is 0 Å². The number of carbonyl (C=O) groups excluding carboxylic acids is 1. The molecule has 6 heteroatoms. The molecule has 0 spiro atoms. The molecule has 0 bridgehead atoms. The number of carbonyl (C=O) groups is 1. The second-order valence-corrected chi connectivity index (χ2v) is 2.81. The minimum absolute atomic E-state index is 0.353. The van der Waals surface area contributed by atoms with Gasteiger partial charge < -0.3 is 29.6 Å². The van der Waals surface area contributed by atoms with Gasteiger partial charge in [-0.15, -0.1) is 0 Å². The minimum atomic E-state index is -1.44. The molecular weight excluding hydrogens is 180 g/mol. The minimum Gasteiger partial charge on any atom is -0.387 e. The maximum atomic E-state index is 10.4. The van der Waals surface area contributed by atoms with Crippen LogP contribution in [0.3, 0.4) is 0 Å². The number of hydrogen-bond acceptors (Lipinski definition) is 6. The van der Waals surface area contributed by atoms with Gasteiger partial charge in [0.15, 0.2) is 12.6 Å². The number of aliphatic hydroxyl groups is 3. The van der Waals surface area contributed by atoms with E-state index in [4.69, 9.17) is 4.74 Å². The van der Waals surface area contributed by atoms with Crippen molar-refractivity contribution < 1.29 is 29.6 Å². The largest absolute Gasteiger partial charge is 0.387 e. The van der Waals surface area contributed by atoms with E-state index in [9.17, 15) is 20.1 Å². The first-order valence-corrected chi connectivity index (χ1v) is 3.79. The standard InChI is InChI=1S/C7H12O6/c1-12-7-6(11)5(10)4(9)3(2-8)13-7/h2-7,9-11H,1H3/t3?,4-,5-,6?,7+/m0/s1. The van der Waals surface area contributed by atoms with E-state index in [-0.39, 0.29) is 0 Å². The van der Waals surface area contributed by atoms with E-state index in [1.165, 1.54) is 7.11 Å². The van der Waals surface area contributed by atoms with E-state index in [0.717, 1.165) is 0 Å². The third-order valence-electron chi connectivity index (χ3n) is 1.97. The Kier molecular flexibility index (Phi) is 3.34. The van der Waals surface area contributed by atoms with Crippen LogP contribution in [-0.4, -0.2) is 59.4 Å². The maximum Gasteiger partial charge on any atom is 0.186 e. The Bertz CT molecular complexity index is 182. The Morgan fingerprint density at radius 2 is 1.85 bits per heavy atom. The molecule has 1 aliphatic heterocycles. The third-order valence-corrected chi connectivity index (χ3v) is 1.97. The zero-order chi connectivity index (χ0) is 10.0. The lowest BCUT2D eigenvalue weighted by Gasteiger charge is -2.37. The van der Waals surface area contributed by atoms with Crippen LogP contribution >= 0.6 is 0 Å². The van der Waals surface area contributed by atoms with Crippen molar-refractivity contribution >= 4 is 6.29 Å². The maximum absolute atomic E-state index is 10.4. The van der Waals surface area contributed by atoms with Gasteiger partial charge in [-0.3, -0.25) is 0 Å². The second-order valence-electron chi connectivity index (χ2n) is 2.81. The molecule has 1 aliphatic rings. The van der Waals surface area contributed by atoms with Gasteiger partial charge in [0.05, 0.1) is 0 Å². The lowest BCUT2D eigenvalue weighted by Crippen LogP contribution is -2.58. The molecule has 0 aromatic heterocycles. The fourth-order valence-corrected chi connectivity index (χ4v) is 1.18. The highest BCUT2D eigenvalue weighted by atomic mass is 16.7. The van der Waals surface area contributed by atoms with Crippen molar-refractivity contribution in [3.63, 3.8) is 0 Å². The van der Waals surface area contributed by atoms with Gasteiger partial charge in [0.2, 0.25) is 0 Å². The summed E-state index contributed by atoms with van der Waals surface area (Å²) in [6, 6.07) is 0. The Morgan fingerprint density at radius 1 is 1.23 bits per heavy atom. The van der Waals surface area contributed by atoms with Crippen molar-refractivity contribution in [2.45, 2.75) is 30.7 Å². The van der Waals surface area contributed by atoms with Crippen LogP contribution in [0.4, 0.5) is 0 Å². The Balaban J connectivity index is 2.71. The van der Waals surface area contributed by atoms with Gasteiger partial charge in [0.1, 0.15) is 24.4 Å². The predicted molar refractivity (Wildman–Crippen MR) is 39.8 cm³/mol. The van der Waals surface area contributed by atoms with E-state index < -0.39 is 30.7 Å². The highest BCUT2D eigenvalue weighted by Crippen LogP contribution is 2.20. The molecule has 3 N–H and O–H groups in total. The molecule has 76 valence electrons. The molecular formula is C7H12O6.